The molecular weight excluding hydrogens is 467 g/mol. The van der Waals surface area contributed by atoms with E-state index in [1.165, 1.54) is 6.07 Å². The number of nitro benzene ring substituents is 1. The molecule has 0 unspecified atom stereocenters. The second-order valence-electron chi connectivity index (χ2n) is 5.95. The quantitative estimate of drug-likeness (QED) is 0.381. The first-order valence-electron chi connectivity index (χ1n) is 7.95. The smallest absolute Gasteiger partial charge is 0.293 e. The minimum Gasteiger partial charge on any atom is -0.363 e. The van der Waals surface area contributed by atoms with Crippen LogP contribution in [-0.2, 0) is 10.0 Å². The maximum absolute atomic E-state index is 13.9. The lowest BCUT2D eigenvalue weighted by molar-refractivity contribution is -0.384. The number of anilines is 1. The number of rotatable bonds is 4. The van der Waals surface area contributed by atoms with E-state index in [1.807, 2.05) is 0 Å². The molecule has 28 heavy (non-hydrogen) atoms. The monoisotopic (exact) mass is 479 g/mol. The fourth-order valence-electron chi connectivity index (χ4n) is 2.93. The van der Waals surface area contributed by atoms with Crippen LogP contribution in [0.4, 0.5) is 24.5 Å². The SMILES string of the molecule is O=[N+]([O-])c1cc(Br)ccc1N1CCN(S(=O)(=O)c2ccc(F)c(F)c2F)CC1. The van der Waals surface area contributed by atoms with Gasteiger partial charge >= 0.3 is 0 Å². The Morgan fingerprint density at radius 1 is 1.00 bits per heavy atom. The summed E-state index contributed by atoms with van der Waals surface area (Å²) in [5.74, 6) is -5.11. The van der Waals surface area contributed by atoms with Crippen molar-refractivity contribution in [3.8, 4) is 0 Å². The predicted octanol–water partition coefficient (Wildman–Crippen LogP) is 3.29. The minimum absolute atomic E-state index is 0.103. The fraction of sp³-hybridized carbons (Fsp3) is 0.250. The van der Waals surface area contributed by atoms with Crippen LogP contribution in [0.15, 0.2) is 39.7 Å². The summed E-state index contributed by atoms with van der Waals surface area (Å²) < 4.78 is 67.1. The molecule has 1 aliphatic heterocycles. The summed E-state index contributed by atoms with van der Waals surface area (Å²) in [4.78, 5) is 11.4. The number of hydrogen-bond donors (Lipinski definition) is 0. The lowest BCUT2D eigenvalue weighted by Gasteiger charge is -2.35. The van der Waals surface area contributed by atoms with Crippen molar-refractivity contribution in [1.82, 2.24) is 4.31 Å². The topological polar surface area (TPSA) is 83.8 Å². The highest BCUT2D eigenvalue weighted by Crippen LogP contribution is 2.32. The molecule has 0 radical (unpaired) electrons. The molecule has 12 heteroatoms. The number of benzene rings is 2. The molecule has 3 rings (SSSR count). The van der Waals surface area contributed by atoms with Gasteiger partial charge in [-0.15, -0.1) is 0 Å². The van der Waals surface area contributed by atoms with Crippen molar-refractivity contribution in [1.29, 1.82) is 0 Å². The molecule has 0 N–H and O–H groups in total. The van der Waals surface area contributed by atoms with Crippen LogP contribution in [-0.4, -0.2) is 43.8 Å². The van der Waals surface area contributed by atoms with Crippen LogP contribution in [0.1, 0.15) is 0 Å². The Morgan fingerprint density at radius 2 is 1.64 bits per heavy atom. The van der Waals surface area contributed by atoms with Gasteiger partial charge in [0, 0.05) is 36.7 Å². The molecule has 2 aromatic carbocycles. The summed E-state index contributed by atoms with van der Waals surface area (Å²) in [6.07, 6.45) is 0. The lowest BCUT2D eigenvalue weighted by atomic mass is 10.2. The number of nitrogens with zero attached hydrogens (tertiary/aromatic N) is 3. The Bertz CT molecular complexity index is 1040. The lowest BCUT2D eigenvalue weighted by Crippen LogP contribution is -2.49. The molecule has 2 aromatic rings. The van der Waals surface area contributed by atoms with Gasteiger partial charge in [-0.3, -0.25) is 10.1 Å². The average Bonchev–Trinajstić information content (AvgIpc) is 2.66. The molecule has 0 bridgehead atoms. The summed E-state index contributed by atoms with van der Waals surface area (Å²) in [6.45, 7) is 0.00195. The second-order valence-corrected chi connectivity index (χ2v) is 8.78. The third-order valence-corrected chi connectivity index (χ3v) is 6.74. The van der Waals surface area contributed by atoms with E-state index in [9.17, 15) is 31.7 Å². The zero-order valence-electron chi connectivity index (χ0n) is 14.1. The van der Waals surface area contributed by atoms with Gasteiger partial charge in [0.1, 0.15) is 10.6 Å². The Hall–Kier alpha value is -2.18. The number of piperazine rings is 1. The first-order chi connectivity index (χ1) is 13.1. The maximum Gasteiger partial charge on any atom is 0.293 e. The van der Waals surface area contributed by atoms with Gasteiger partial charge in [0.25, 0.3) is 5.69 Å². The van der Waals surface area contributed by atoms with Crippen molar-refractivity contribution in [2.45, 2.75) is 4.90 Å². The molecule has 1 aliphatic rings. The summed E-state index contributed by atoms with van der Waals surface area (Å²) in [6, 6.07) is 5.74. The summed E-state index contributed by atoms with van der Waals surface area (Å²) in [5.41, 5.74) is 0.182. The molecule has 1 fully saturated rings. The van der Waals surface area contributed by atoms with Crippen molar-refractivity contribution in [2.75, 3.05) is 31.1 Å². The van der Waals surface area contributed by atoms with Crippen LogP contribution in [0.3, 0.4) is 0 Å². The fourth-order valence-corrected chi connectivity index (χ4v) is 4.75. The van der Waals surface area contributed by atoms with Gasteiger partial charge < -0.3 is 4.90 Å². The van der Waals surface area contributed by atoms with Crippen molar-refractivity contribution in [2.24, 2.45) is 0 Å². The van der Waals surface area contributed by atoms with Crippen molar-refractivity contribution >= 4 is 37.3 Å². The molecule has 0 spiro atoms. The normalized spacial score (nSPS) is 15.6. The van der Waals surface area contributed by atoms with Crippen molar-refractivity contribution < 1.29 is 26.5 Å². The van der Waals surface area contributed by atoms with E-state index in [0.29, 0.717) is 22.3 Å². The molecule has 0 amide bonds. The van der Waals surface area contributed by atoms with Gasteiger partial charge in [0.05, 0.1) is 4.92 Å². The van der Waals surface area contributed by atoms with Gasteiger partial charge in [0.15, 0.2) is 17.5 Å². The van der Waals surface area contributed by atoms with Crippen LogP contribution in [0.5, 0.6) is 0 Å². The van der Waals surface area contributed by atoms with E-state index in [4.69, 9.17) is 0 Å². The second kappa shape index (κ2) is 7.68. The van der Waals surface area contributed by atoms with E-state index in [1.54, 1.807) is 17.0 Å². The number of hydrogen-bond acceptors (Lipinski definition) is 5. The summed E-state index contributed by atoms with van der Waals surface area (Å²) >= 11 is 3.16. The van der Waals surface area contributed by atoms with Crippen LogP contribution < -0.4 is 4.90 Å². The van der Waals surface area contributed by atoms with E-state index >= 15 is 0 Å². The summed E-state index contributed by atoms with van der Waals surface area (Å²) in [5, 5.41) is 11.3. The van der Waals surface area contributed by atoms with E-state index < -0.39 is 37.3 Å². The van der Waals surface area contributed by atoms with Gasteiger partial charge in [-0.1, -0.05) is 15.9 Å². The summed E-state index contributed by atoms with van der Waals surface area (Å²) in [7, 11) is -4.39. The third-order valence-electron chi connectivity index (χ3n) is 4.33. The number of sulfonamides is 1. The van der Waals surface area contributed by atoms with Gasteiger partial charge in [-0.05, 0) is 24.3 Å². The largest absolute Gasteiger partial charge is 0.363 e. The maximum atomic E-state index is 13.9. The first-order valence-corrected chi connectivity index (χ1v) is 10.2. The average molecular weight is 480 g/mol. The van der Waals surface area contributed by atoms with E-state index in [2.05, 4.69) is 15.9 Å². The highest BCUT2D eigenvalue weighted by atomic mass is 79.9. The zero-order chi connectivity index (χ0) is 20.6. The highest BCUT2D eigenvalue weighted by molar-refractivity contribution is 9.10. The van der Waals surface area contributed by atoms with E-state index in [-0.39, 0.29) is 31.9 Å². The van der Waals surface area contributed by atoms with E-state index in [0.717, 1.165) is 4.31 Å². The molecule has 1 heterocycles. The molecule has 0 aliphatic carbocycles. The molecular formula is C16H13BrF3N3O4S. The zero-order valence-corrected chi connectivity index (χ0v) is 16.5. The predicted molar refractivity (Wildman–Crippen MR) is 98.1 cm³/mol. The number of halogens is 4. The van der Waals surface area contributed by atoms with Gasteiger partial charge in [-0.2, -0.15) is 4.31 Å². The highest BCUT2D eigenvalue weighted by Gasteiger charge is 2.33. The standard InChI is InChI=1S/C16H13BrF3N3O4S/c17-10-1-3-12(13(9-10)23(24)25)21-5-7-22(8-6-21)28(26,27)14-4-2-11(18)15(19)16(14)20/h1-4,9H,5-8H2. The van der Waals surface area contributed by atoms with Crippen LogP contribution in [0.25, 0.3) is 0 Å². The third kappa shape index (κ3) is 3.71. The van der Waals surface area contributed by atoms with Gasteiger partial charge in [0.2, 0.25) is 10.0 Å². The Morgan fingerprint density at radius 3 is 2.25 bits per heavy atom. The number of nitro groups is 1. The van der Waals surface area contributed by atoms with Crippen LogP contribution in [0.2, 0.25) is 0 Å². The Labute approximate surface area is 166 Å². The van der Waals surface area contributed by atoms with Crippen molar-refractivity contribution in [3.05, 3.63) is 62.4 Å². The Kier molecular flexibility index (Phi) is 5.64. The first kappa shape index (κ1) is 20.6. The molecule has 0 saturated carbocycles. The van der Waals surface area contributed by atoms with Crippen molar-refractivity contribution in [3.63, 3.8) is 0 Å². The van der Waals surface area contributed by atoms with Gasteiger partial charge in [-0.25, -0.2) is 21.6 Å². The molecule has 0 atom stereocenters. The Balaban J connectivity index is 1.83. The van der Waals surface area contributed by atoms with Crippen LogP contribution in [0, 0.1) is 27.6 Å². The molecule has 0 aromatic heterocycles. The van der Waals surface area contributed by atoms with Crippen LogP contribution >= 0.6 is 15.9 Å². The molecule has 1 saturated heterocycles. The minimum atomic E-state index is -4.39. The molecule has 150 valence electrons. The molecule has 7 nitrogen and oxygen atoms in total.